The largest absolute Gasteiger partial charge is 0.495 e. The maximum absolute atomic E-state index is 12.7. The van der Waals surface area contributed by atoms with Crippen LogP contribution in [0.5, 0.6) is 5.75 Å². The molecule has 0 radical (unpaired) electrons. The fourth-order valence-corrected chi connectivity index (χ4v) is 3.03. The number of aromatic nitrogens is 1. The van der Waals surface area contributed by atoms with Crippen LogP contribution in [0.15, 0.2) is 42.6 Å². The predicted octanol–water partition coefficient (Wildman–Crippen LogP) is 3.85. The van der Waals surface area contributed by atoms with E-state index in [1.54, 1.807) is 23.1 Å². The van der Waals surface area contributed by atoms with Gasteiger partial charge in [0.05, 0.1) is 18.4 Å². The number of alkyl halides is 3. The van der Waals surface area contributed by atoms with Crippen LogP contribution >= 0.6 is 0 Å². The zero-order valence-electron chi connectivity index (χ0n) is 15.4. The van der Waals surface area contributed by atoms with Gasteiger partial charge in [-0.2, -0.15) is 13.2 Å². The molecule has 6 nitrogen and oxygen atoms in total. The Hall–Kier alpha value is -2.97. The molecule has 2 amide bonds. The molecule has 1 saturated heterocycles. The Bertz CT molecular complexity index is 812. The molecule has 1 N–H and O–H groups in total. The van der Waals surface area contributed by atoms with Crippen molar-refractivity contribution in [2.45, 2.75) is 12.6 Å². The van der Waals surface area contributed by atoms with Crippen LogP contribution in [0.25, 0.3) is 0 Å². The molecule has 1 aromatic carbocycles. The maximum atomic E-state index is 12.7. The van der Waals surface area contributed by atoms with Crippen molar-refractivity contribution < 1.29 is 22.7 Å². The normalized spacial score (nSPS) is 15.1. The monoisotopic (exact) mass is 394 g/mol. The van der Waals surface area contributed by atoms with E-state index < -0.39 is 11.7 Å². The molecule has 28 heavy (non-hydrogen) atoms. The van der Waals surface area contributed by atoms with Crippen LogP contribution in [0.4, 0.5) is 29.5 Å². The molecule has 2 aromatic rings. The molecule has 0 aliphatic carbocycles. The Balaban J connectivity index is 1.62. The molecule has 0 unspecified atom stereocenters. The molecule has 0 bridgehead atoms. The lowest BCUT2D eigenvalue weighted by molar-refractivity contribution is -0.137. The third-order valence-electron chi connectivity index (χ3n) is 4.53. The fraction of sp³-hybridized carbons (Fsp3) is 0.368. The van der Waals surface area contributed by atoms with Crippen molar-refractivity contribution in [2.24, 2.45) is 0 Å². The van der Waals surface area contributed by atoms with Crippen molar-refractivity contribution in [3.8, 4) is 5.75 Å². The van der Waals surface area contributed by atoms with Gasteiger partial charge in [0.1, 0.15) is 11.6 Å². The molecule has 1 fully saturated rings. The highest BCUT2D eigenvalue weighted by molar-refractivity contribution is 5.91. The number of anilines is 2. The Labute approximate surface area is 160 Å². The number of pyridine rings is 1. The number of carbonyl (C=O) groups is 1. The number of nitrogens with zero attached hydrogens (tertiary/aromatic N) is 3. The summed E-state index contributed by atoms with van der Waals surface area (Å²) in [6.45, 7) is 2.07. The van der Waals surface area contributed by atoms with Gasteiger partial charge in [-0.3, -0.25) is 0 Å². The van der Waals surface area contributed by atoms with Crippen LogP contribution in [-0.2, 0) is 6.18 Å². The molecular formula is C19H21F3N4O2. The van der Waals surface area contributed by atoms with Gasteiger partial charge >= 0.3 is 12.2 Å². The second-order valence-corrected chi connectivity index (χ2v) is 6.36. The summed E-state index contributed by atoms with van der Waals surface area (Å²) in [6, 6.07) is 9.29. The molecule has 2 heterocycles. The number of hydrogen-bond donors (Lipinski definition) is 1. The van der Waals surface area contributed by atoms with Crippen molar-refractivity contribution in [1.29, 1.82) is 0 Å². The van der Waals surface area contributed by atoms with Crippen LogP contribution < -0.4 is 15.0 Å². The van der Waals surface area contributed by atoms with Gasteiger partial charge in [0, 0.05) is 32.4 Å². The second kappa shape index (κ2) is 8.37. The molecule has 150 valence electrons. The number of carbonyl (C=O) groups excluding carboxylic acids is 1. The van der Waals surface area contributed by atoms with Crippen molar-refractivity contribution >= 4 is 17.5 Å². The maximum Gasteiger partial charge on any atom is 0.417 e. The molecule has 1 aromatic heterocycles. The number of ether oxygens (including phenoxy) is 1. The van der Waals surface area contributed by atoms with E-state index >= 15 is 0 Å². The first-order valence-electron chi connectivity index (χ1n) is 8.85. The molecule has 1 aliphatic heterocycles. The number of nitrogens with one attached hydrogen (secondary N) is 1. The summed E-state index contributed by atoms with van der Waals surface area (Å²) < 4.78 is 43.3. The van der Waals surface area contributed by atoms with Crippen LogP contribution in [0.3, 0.4) is 0 Å². The highest BCUT2D eigenvalue weighted by atomic mass is 19.4. The number of methoxy groups -OCH3 is 1. The summed E-state index contributed by atoms with van der Waals surface area (Å²) in [4.78, 5) is 20.1. The molecule has 9 heteroatoms. The molecule has 0 spiro atoms. The first-order valence-corrected chi connectivity index (χ1v) is 8.85. The number of halogens is 3. The average Bonchev–Trinajstić information content (AvgIpc) is 2.94. The second-order valence-electron chi connectivity index (χ2n) is 6.36. The van der Waals surface area contributed by atoms with Gasteiger partial charge < -0.3 is 19.9 Å². The Morgan fingerprint density at radius 1 is 1.11 bits per heavy atom. The van der Waals surface area contributed by atoms with E-state index in [0.29, 0.717) is 49.9 Å². The van der Waals surface area contributed by atoms with Gasteiger partial charge in [0.25, 0.3) is 0 Å². The summed E-state index contributed by atoms with van der Waals surface area (Å²) in [6.07, 6.45) is -2.88. The van der Waals surface area contributed by atoms with Crippen LogP contribution in [0.1, 0.15) is 12.0 Å². The minimum absolute atomic E-state index is 0.244. The van der Waals surface area contributed by atoms with Crippen LogP contribution in [-0.4, -0.2) is 49.2 Å². The zero-order valence-corrected chi connectivity index (χ0v) is 15.4. The quantitative estimate of drug-likeness (QED) is 0.859. The lowest BCUT2D eigenvalue weighted by Crippen LogP contribution is -2.38. The van der Waals surface area contributed by atoms with Gasteiger partial charge in [-0.05, 0) is 30.7 Å². The van der Waals surface area contributed by atoms with E-state index in [-0.39, 0.29) is 6.03 Å². The van der Waals surface area contributed by atoms with E-state index in [1.165, 1.54) is 13.2 Å². The highest BCUT2D eigenvalue weighted by Gasteiger charge is 2.31. The Kier molecular flexibility index (Phi) is 5.91. The summed E-state index contributed by atoms with van der Waals surface area (Å²) in [5.74, 6) is 1.04. The van der Waals surface area contributed by atoms with E-state index in [1.807, 2.05) is 11.0 Å². The standard InChI is InChI=1S/C19H21F3N4O2/c1-28-16-6-3-2-5-15(16)24-18(27)26-10-4-9-25(11-12-26)17-8-7-14(13-23-17)19(20,21)22/h2-3,5-8,13H,4,9-12H2,1H3,(H,24,27). The average molecular weight is 394 g/mol. The number of hydrogen-bond acceptors (Lipinski definition) is 4. The minimum Gasteiger partial charge on any atom is -0.495 e. The molecule has 0 saturated carbocycles. The van der Waals surface area contributed by atoms with Gasteiger partial charge in [0.15, 0.2) is 0 Å². The molecule has 0 atom stereocenters. The minimum atomic E-state index is -4.41. The first-order chi connectivity index (χ1) is 13.4. The number of amides is 2. The van der Waals surface area contributed by atoms with Crippen LogP contribution in [0, 0.1) is 0 Å². The number of urea groups is 1. The zero-order chi connectivity index (χ0) is 20.1. The van der Waals surface area contributed by atoms with E-state index in [0.717, 1.165) is 12.3 Å². The first kappa shape index (κ1) is 19.8. The van der Waals surface area contributed by atoms with Crippen LogP contribution in [0.2, 0.25) is 0 Å². The Morgan fingerprint density at radius 2 is 1.89 bits per heavy atom. The molecule has 1 aliphatic rings. The van der Waals surface area contributed by atoms with E-state index in [9.17, 15) is 18.0 Å². The third kappa shape index (κ3) is 4.65. The smallest absolute Gasteiger partial charge is 0.417 e. The Morgan fingerprint density at radius 3 is 2.57 bits per heavy atom. The van der Waals surface area contributed by atoms with Crippen molar-refractivity contribution in [2.75, 3.05) is 43.5 Å². The third-order valence-corrected chi connectivity index (χ3v) is 4.53. The van der Waals surface area contributed by atoms with Gasteiger partial charge in [-0.25, -0.2) is 9.78 Å². The van der Waals surface area contributed by atoms with E-state index in [4.69, 9.17) is 4.74 Å². The number of benzene rings is 1. The van der Waals surface area contributed by atoms with Crippen molar-refractivity contribution in [3.05, 3.63) is 48.2 Å². The SMILES string of the molecule is COc1ccccc1NC(=O)N1CCCN(c2ccc(C(F)(F)F)cn2)CC1. The summed E-state index contributed by atoms with van der Waals surface area (Å²) in [7, 11) is 1.53. The highest BCUT2D eigenvalue weighted by Crippen LogP contribution is 2.29. The number of para-hydroxylation sites is 2. The lowest BCUT2D eigenvalue weighted by atomic mass is 10.2. The molecular weight excluding hydrogens is 373 g/mol. The van der Waals surface area contributed by atoms with Crippen molar-refractivity contribution in [1.82, 2.24) is 9.88 Å². The predicted molar refractivity (Wildman–Crippen MR) is 99.7 cm³/mol. The summed E-state index contributed by atoms with van der Waals surface area (Å²) >= 11 is 0. The lowest BCUT2D eigenvalue weighted by Gasteiger charge is -2.23. The van der Waals surface area contributed by atoms with Gasteiger partial charge in [0.2, 0.25) is 0 Å². The van der Waals surface area contributed by atoms with Gasteiger partial charge in [-0.1, -0.05) is 12.1 Å². The topological polar surface area (TPSA) is 57.7 Å². The fourth-order valence-electron chi connectivity index (χ4n) is 3.03. The summed E-state index contributed by atoms with van der Waals surface area (Å²) in [5.41, 5.74) is -0.190. The number of rotatable bonds is 3. The summed E-state index contributed by atoms with van der Waals surface area (Å²) in [5, 5.41) is 2.84. The van der Waals surface area contributed by atoms with E-state index in [2.05, 4.69) is 10.3 Å². The van der Waals surface area contributed by atoms with Crippen molar-refractivity contribution in [3.63, 3.8) is 0 Å². The van der Waals surface area contributed by atoms with Gasteiger partial charge in [-0.15, -0.1) is 0 Å². The molecule has 3 rings (SSSR count).